The van der Waals surface area contributed by atoms with E-state index in [1.54, 1.807) is 0 Å². The van der Waals surface area contributed by atoms with Gasteiger partial charge in [0.05, 0.1) is 0 Å². The molecule has 0 spiro atoms. The van der Waals surface area contributed by atoms with Crippen molar-refractivity contribution in [1.29, 1.82) is 0 Å². The van der Waals surface area contributed by atoms with E-state index in [1.165, 1.54) is 101 Å². The second-order valence-corrected chi connectivity index (χ2v) is 9.51. The normalized spacial score (nSPS) is 11.2. The molecular formula is C31H43NO. The van der Waals surface area contributed by atoms with Gasteiger partial charge >= 0.3 is 0 Å². The number of unbranched alkanes of at least 4 members (excludes halogenated alkanes) is 10. The molecule has 0 N–H and O–H groups in total. The van der Waals surface area contributed by atoms with Gasteiger partial charge in [-0.05, 0) is 36.8 Å². The number of benzene rings is 2. The van der Waals surface area contributed by atoms with E-state index in [0.717, 1.165) is 22.6 Å². The Morgan fingerprint density at radius 3 is 1.52 bits per heavy atom. The van der Waals surface area contributed by atoms with Crippen LogP contribution in [0.15, 0.2) is 59.1 Å². The van der Waals surface area contributed by atoms with Gasteiger partial charge in [-0.15, -0.1) is 0 Å². The third-order valence-electron chi connectivity index (χ3n) is 6.64. The van der Waals surface area contributed by atoms with Gasteiger partial charge in [-0.1, -0.05) is 132 Å². The molecule has 0 fully saturated rings. The fourth-order valence-electron chi connectivity index (χ4n) is 4.44. The van der Waals surface area contributed by atoms with Crippen LogP contribution >= 0.6 is 0 Å². The van der Waals surface area contributed by atoms with Crippen molar-refractivity contribution in [2.75, 3.05) is 0 Å². The van der Waals surface area contributed by atoms with Crippen molar-refractivity contribution in [3.63, 3.8) is 0 Å². The highest BCUT2D eigenvalue weighted by Gasteiger charge is 2.09. The van der Waals surface area contributed by atoms with Crippen LogP contribution in [0.2, 0.25) is 0 Å². The standard InChI is InChI=1S/C31H43NO/c1-3-5-7-9-11-13-15-26-17-21-28(22-18-26)30-25-31(33-32-30)29-23-19-27(20-24-29)16-14-12-10-8-6-4-2/h17-25H,3-16H2,1-2H3. The third kappa shape index (κ3) is 8.84. The molecule has 0 aliphatic carbocycles. The van der Waals surface area contributed by atoms with Gasteiger partial charge in [0.1, 0.15) is 5.69 Å². The maximum Gasteiger partial charge on any atom is 0.167 e. The predicted octanol–water partition coefficient (Wildman–Crippen LogP) is 9.81. The van der Waals surface area contributed by atoms with Crippen LogP contribution < -0.4 is 0 Å². The Hall–Kier alpha value is -2.35. The highest BCUT2D eigenvalue weighted by molar-refractivity contribution is 5.67. The summed E-state index contributed by atoms with van der Waals surface area (Å²) in [5.41, 5.74) is 5.96. The van der Waals surface area contributed by atoms with Crippen molar-refractivity contribution in [3.8, 4) is 22.6 Å². The van der Waals surface area contributed by atoms with Crippen LogP contribution in [-0.2, 0) is 12.8 Å². The fourth-order valence-corrected chi connectivity index (χ4v) is 4.44. The molecule has 0 saturated heterocycles. The maximum atomic E-state index is 5.67. The summed E-state index contributed by atoms with van der Waals surface area (Å²) in [6, 6.07) is 19.7. The van der Waals surface area contributed by atoms with E-state index in [2.05, 4.69) is 73.6 Å². The van der Waals surface area contributed by atoms with E-state index in [1.807, 2.05) is 0 Å². The zero-order valence-electron chi connectivity index (χ0n) is 21.0. The summed E-state index contributed by atoms with van der Waals surface area (Å²) >= 11 is 0. The van der Waals surface area contributed by atoms with E-state index in [9.17, 15) is 0 Å². The molecule has 178 valence electrons. The Balaban J connectivity index is 1.46. The molecule has 3 rings (SSSR count). The molecule has 3 aromatic rings. The molecule has 1 aromatic heterocycles. The number of nitrogens with zero attached hydrogens (tertiary/aromatic N) is 1. The molecule has 0 radical (unpaired) electrons. The Morgan fingerprint density at radius 2 is 1.00 bits per heavy atom. The fraction of sp³-hybridized carbons (Fsp3) is 0.516. The summed E-state index contributed by atoms with van der Waals surface area (Å²) in [6.45, 7) is 4.54. The molecule has 0 amide bonds. The van der Waals surface area contributed by atoms with Crippen LogP contribution in [-0.4, -0.2) is 5.16 Å². The molecule has 2 aromatic carbocycles. The van der Waals surface area contributed by atoms with Crippen molar-refractivity contribution >= 4 is 0 Å². The zero-order chi connectivity index (χ0) is 23.1. The quantitative estimate of drug-likeness (QED) is 0.205. The first kappa shape index (κ1) is 25.3. The van der Waals surface area contributed by atoms with Gasteiger partial charge in [-0.25, -0.2) is 0 Å². The zero-order valence-corrected chi connectivity index (χ0v) is 21.0. The van der Waals surface area contributed by atoms with Gasteiger partial charge in [-0.3, -0.25) is 0 Å². The minimum Gasteiger partial charge on any atom is -0.356 e. The van der Waals surface area contributed by atoms with Crippen molar-refractivity contribution in [1.82, 2.24) is 5.16 Å². The van der Waals surface area contributed by atoms with E-state index < -0.39 is 0 Å². The van der Waals surface area contributed by atoms with Crippen LogP contribution in [0, 0.1) is 0 Å². The molecule has 0 bridgehead atoms. The van der Waals surface area contributed by atoms with Crippen LogP contribution in [0.1, 0.15) is 102 Å². The Bertz CT molecular complexity index is 817. The molecule has 0 atom stereocenters. The lowest BCUT2D eigenvalue weighted by Crippen LogP contribution is -1.87. The molecule has 0 aliphatic heterocycles. The average molecular weight is 446 g/mol. The first-order chi connectivity index (χ1) is 16.3. The smallest absolute Gasteiger partial charge is 0.167 e. The average Bonchev–Trinajstić information content (AvgIpc) is 3.35. The second kappa shape index (κ2) is 14.7. The highest BCUT2D eigenvalue weighted by atomic mass is 16.5. The summed E-state index contributed by atoms with van der Waals surface area (Å²) < 4.78 is 5.67. The predicted molar refractivity (Wildman–Crippen MR) is 142 cm³/mol. The number of aromatic nitrogens is 1. The molecule has 33 heavy (non-hydrogen) atoms. The van der Waals surface area contributed by atoms with Gasteiger partial charge < -0.3 is 4.52 Å². The largest absolute Gasteiger partial charge is 0.356 e. The Labute approximate surface area is 201 Å². The van der Waals surface area contributed by atoms with Crippen molar-refractivity contribution in [2.45, 2.75) is 104 Å². The highest BCUT2D eigenvalue weighted by Crippen LogP contribution is 2.27. The summed E-state index contributed by atoms with van der Waals surface area (Å²) in [5, 5.41) is 4.33. The summed E-state index contributed by atoms with van der Waals surface area (Å²) in [5.74, 6) is 0.840. The number of aryl methyl sites for hydroxylation is 2. The second-order valence-electron chi connectivity index (χ2n) is 9.51. The van der Waals surface area contributed by atoms with Crippen LogP contribution in [0.4, 0.5) is 0 Å². The van der Waals surface area contributed by atoms with E-state index in [-0.39, 0.29) is 0 Å². The SMILES string of the molecule is CCCCCCCCc1ccc(-c2cc(-c3ccc(CCCCCCCC)cc3)on2)cc1. The minimum atomic E-state index is 0.840. The lowest BCUT2D eigenvalue weighted by atomic mass is 10.0. The first-order valence-electron chi connectivity index (χ1n) is 13.5. The summed E-state index contributed by atoms with van der Waals surface area (Å²) in [4.78, 5) is 0. The lowest BCUT2D eigenvalue weighted by Gasteiger charge is -2.03. The van der Waals surface area contributed by atoms with Crippen molar-refractivity contribution in [2.24, 2.45) is 0 Å². The van der Waals surface area contributed by atoms with Gasteiger partial charge in [-0.2, -0.15) is 0 Å². The van der Waals surface area contributed by atoms with Crippen molar-refractivity contribution in [3.05, 3.63) is 65.7 Å². The van der Waals surface area contributed by atoms with Crippen LogP contribution in [0.5, 0.6) is 0 Å². The molecule has 2 nitrogen and oxygen atoms in total. The number of hydrogen-bond donors (Lipinski definition) is 0. The molecular weight excluding hydrogens is 402 g/mol. The lowest BCUT2D eigenvalue weighted by molar-refractivity contribution is 0.435. The molecule has 0 saturated carbocycles. The van der Waals surface area contributed by atoms with Gasteiger partial charge in [0.15, 0.2) is 5.76 Å². The topological polar surface area (TPSA) is 26.0 Å². The van der Waals surface area contributed by atoms with E-state index in [0.29, 0.717) is 0 Å². The number of rotatable bonds is 16. The van der Waals surface area contributed by atoms with E-state index >= 15 is 0 Å². The maximum absolute atomic E-state index is 5.67. The van der Waals surface area contributed by atoms with Crippen LogP contribution in [0.25, 0.3) is 22.6 Å². The van der Waals surface area contributed by atoms with Crippen molar-refractivity contribution < 1.29 is 4.52 Å². The summed E-state index contributed by atoms with van der Waals surface area (Å²) in [7, 11) is 0. The third-order valence-corrected chi connectivity index (χ3v) is 6.64. The summed E-state index contributed by atoms with van der Waals surface area (Å²) in [6.07, 6.45) is 18.5. The molecule has 2 heteroatoms. The first-order valence-corrected chi connectivity index (χ1v) is 13.5. The molecule has 0 aliphatic rings. The molecule has 0 unspecified atom stereocenters. The Morgan fingerprint density at radius 1 is 0.545 bits per heavy atom. The van der Waals surface area contributed by atoms with Gasteiger partial charge in [0, 0.05) is 17.2 Å². The van der Waals surface area contributed by atoms with Gasteiger partial charge in [0.25, 0.3) is 0 Å². The minimum absolute atomic E-state index is 0.840. The monoisotopic (exact) mass is 445 g/mol. The Kier molecular flexibility index (Phi) is 11.3. The molecule has 1 heterocycles. The van der Waals surface area contributed by atoms with Gasteiger partial charge in [0.2, 0.25) is 0 Å². The van der Waals surface area contributed by atoms with Crippen LogP contribution in [0.3, 0.4) is 0 Å². The number of hydrogen-bond acceptors (Lipinski definition) is 2. The van der Waals surface area contributed by atoms with E-state index in [4.69, 9.17) is 4.52 Å².